The molecule has 0 heterocycles. The van der Waals surface area contributed by atoms with E-state index >= 15 is 0 Å². The maximum absolute atomic E-state index is 12.6. The SMILES string of the molecule is CCOC(=O)C1(NCc2ccccc2Cl)Cc2ccccc2C1. The summed E-state index contributed by atoms with van der Waals surface area (Å²) in [6, 6.07) is 15.8. The molecule has 0 spiro atoms. The molecule has 2 aromatic carbocycles. The maximum atomic E-state index is 12.6. The van der Waals surface area contributed by atoms with Crippen LogP contribution < -0.4 is 5.32 Å². The van der Waals surface area contributed by atoms with Crippen LogP contribution in [0.15, 0.2) is 48.5 Å². The highest BCUT2D eigenvalue weighted by Gasteiger charge is 2.44. The van der Waals surface area contributed by atoms with Gasteiger partial charge in [0.1, 0.15) is 5.54 Å². The first-order chi connectivity index (χ1) is 11.1. The summed E-state index contributed by atoms with van der Waals surface area (Å²) in [6.45, 7) is 2.75. The van der Waals surface area contributed by atoms with Crippen molar-refractivity contribution in [3.05, 3.63) is 70.2 Å². The molecule has 4 heteroatoms. The lowest BCUT2D eigenvalue weighted by molar-refractivity contribution is -0.151. The minimum Gasteiger partial charge on any atom is -0.465 e. The second-order valence-corrected chi connectivity index (χ2v) is 6.28. The molecule has 1 aliphatic carbocycles. The first kappa shape index (κ1) is 16.0. The monoisotopic (exact) mass is 329 g/mol. The number of esters is 1. The molecule has 23 heavy (non-hydrogen) atoms. The van der Waals surface area contributed by atoms with Crippen LogP contribution >= 0.6 is 11.6 Å². The van der Waals surface area contributed by atoms with Gasteiger partial charge in [0.05, 0.1) is 6.61 Å². The molecule has 3 nitrogen and oxygen atoms in total. The summed E-state index contributed by atoms with van der Waals surface area (Å²) in [7, 11) is 0. The lowest BCUT2D eigenvalue weighted by Gasteiger charge is -2.28. The van der Waals surface area contributed by atoms with E-state index in [1.54, 1.807) is 0 Å². The average molecular weight is 330 g/mol. The number of halogens is 1. The second-order valence-electron chi connectivity index (χ2n) is 5.87. The molecule has 0 unspecified atom stereocenters. The van der Waals surface area contributed by atoms with Crippen LogP contribution in [0.2, 0.25) is 5.02 Å². The minimum absolute atomic E-state index is 0.191. The Morgan fingerprint density at radius 1 is 1.13 bits per heavy atom. The Labute approximate surface area is 141 Å². The number of fused-ring (bicyclic) bond motifs is 1. The van der Waals surface area contributed by atoms with Gasteiger partial charge in [0.15, 0.2) is 0 Å². The fourth-order valence-corrected chi connectivity index (χ4v) is 3.33. The molecule has 0 amide bonds. The molecule has 0 atom stereocenters. The molecular weight excluding hydrogens is 310 g/mol. The summed E-state index contributed by atoms with van der Waals surface area (Å²) < 4.78 is 5.34. The van der Waals surface area contributed by atoms with Crippen LogP contribution in [0, 0.1) is 0 Å². The van der Waals surface area contributed by atoms with Gasteiger partial charge in [0, 0.05) is 24.4 Å². The number of benzene rings is 2. The third-order valence-electron chi connectivity index (χ3n) is 4.34. The van der Waals surface area contributed by atoms with Crippen LogP contribution in [-0.2, 0) is 28.9 Å². The Hall–Kier alpha value is -1.84. The van der Waals surface area contributed by atoms with Crippen molar-refractivity contribution < 1.29 is 9.53 Å². The molecule has 0 bridgehead atoms. The van der Waals surface area contributed by atoms with Gasteiger partial charge in [0.2, 0.25) is 0 Å². The van der Waals surface area contributed by atoms with Crippen LogP contribution in [0.25, 0.3) is 0 Å². The molecule has 120 valence electrons. The molecule has 3 rings (SSSR count). The quantitative estimate of drug-likeness (QED) is 0.853. The second kappa shape index (κ2) is 6.73. The van der Waals surface area contributed by atoms with E-state index in [4.69, 9.17) is 16.3 Å². The Morgan fingerprint density at radius 2 is 1.74 bits per heavy atom. The molecule has 0 saturated heterocycles. The van der Waals surface area contributed by atoms with Gasteiger partial charge in [0.25, 0.3) is 0 Å². The molecule has 0 saturated carbocycles. The van der Waals surface area contributed by atoms with E-state index in [1.165, 1.54) is 11.1 Å². The number of nitrogens with one attached hydrogen (secondary N) is 1. The molecule has 0 aliphatic heterocycles. The van der Waals surface area contributed by atoms with Crippen LogP contribution in [-0.4, -0.2) is 18.1 Å². The first-order valence-electron chi connectivity index (χ1n) is 7.87. The molecular formula is C19H20ClNO2. The van der Waals surface area contributed by atoms with Crippen LogP contribution in [0.5, 0.6) is 0 Å². The third-order valence-corrected chi connectivity index (χ3v) is 4.71. The predicted octanol–water partition coefficient (Wildman–Crippen LogP) is 3.53. The number of carbonyl (C=O) groups excluding carboxylic acids is 1. The Morgan fingerprint density at radius 3 is 2.35 bits per heavy atom. The molecule has 0 fully saturated rings. The predicted molar refractivity (Wildman–Crippen MR) is 91.5 cm³/mol. The van der Waals surface area contributed by atoms with E-state index in [9.17, 15) is 4.79 Å². The van der Waals surface area contributed by atoms with E-state index in [0.29, 0.717) is 31.0 Å². The topological polar surface area (TPSA) is 38.3 Å². The van der Waals surface area contributed by atoms with Gasteiger partial charge in [-0.05, 0) is 29.7 Å². The van der Waals surface area contributed by atoms with Gasteiger partial charge in [-0.1, -0.05) is 54.1 Å². The van der Waals surface area contributed by atoms with Gasteiger partial charge in [-0.15, -0.1) is 0 Å². The highest BCUT2D eigenvalue weighted by atomic mass is 35.5. The average Bonchev–Trinajstić information content (AvgIpc) is 2.94. The number of hydrogen-bond acceptors (Lipinski definition) is 3. The summed E-state index contributed by atoms with van der Waals surface area (Å²) >= 11 is 6.23. The van der Waals surface area contributed by atoms with Crippen molar-refractivity contribution >= 4 is 17.6 Å². The molecule has 0 aromatic heterocycles. The van der Waals surface area contributed by atoms with Crippen molar-refractivity contribution in [1.82, 2.24) is 5.32 Å². The van der Waals surface area contributed by atoms with Crippen molar-refractivity contribution in [3.63, 3.8) is 0 Å². The van der Waals surface area contributed by atoms with E-state index in [2.05, 4.69) is 17.4 Å². The smallest absolute Gasteiger partial charge is 0.327 e. The van der Waals surface area contributed by atoms with Gasteiger partial charge >= 0.3 is 5.97 Å². The first-order valence-corrected chi connectivity index (χ1v) is 8.25. The van der Waals surface area contributed by atoms with E-state index in [1.807, 2.05) is 43.3 Å². The zero-order valence-electron chi connectivity index (χ0n) is 13.1. The Bertz CT molecular complexity index is 689. The van der Waals surface area contributed by atoms with E-state index < -0.39 is 5.54 Å². The van der Waals surface area contributed by atoms with Gasteiger partial charge in [-0.2, -0.15) is 0 Å². The summed E-state index contributed by atoms with van der Waals surface area (Å²) in [5, 5.41) is 4.13. The molecule has 0 radical (unpaired) electrons. The van der Waals surface area contributed by atoms with Crippen molar-refractivity contribution in [2.24, 2.45) is 0 Å². The lowest BCUT2D eigenvalue weighted by atomic mass is 9.95. The fraction of sp³-hybridized carbons (Fsp3) is 0.316. The van der Waals surface area contributed by atoms with Crippen LogP contribution in [0.4, 0.5) is 0 Å². The molecule has 1 aliphatic rings. The van der Waals surface area contributed by atoms with Crippen molar-refractivity contribution in [2.75, 3.05) is 6.61 Å². The Kier molecular flexibility index (Phi) is 4.69. The third kappa shape index (κ3) is 3.26. The normalized spacial score (nSPS) is 15.2. The summed E-state index contributed by atoms with van der Waals surface area (Å²) in [6.07, 6.45) is 1.29. The number of ether oxygens (including phenoxy) is 1. The largest absolute Gasteiger partial charge is 0.465 e. The fourth-order valence-electron chi connectivity index (χ4n) is 3.13. The minimum atomic E-state index is -0.709. The van der Waals surface area contributed by atoms with E-state index in [-0.39, 0.29) is 5.97 Å². The number of rotatable bonds is 5. The summed E-state index contributed by atoms with van der Waals surface area (Å²) in [5.74, 6) is -0.191. The highest BCUT2D eigenvalue weighted by molar-refractivity contribution is 6.31. The number of carbonyl (C=O) groups is 1. The van der Waals surface area contributed by atoms with E-state index in [0.717, 1.165) is 5.56 Å². The van der Waals surface area contributed by atoms with Gasteiger partial charge < -0.3 is 4.74 Å². The molecule has 2 aromatic rings. The van der Waals surface area contributed by atoms with Crippen molar-refractivity contribution in [2.45, 2.75) is 31.8 Å². The van der Waals surface area contributed by atoms with Gasteiger partial charge in [-0.25, -0.2) is 0 Å². The van der Waals surface area contributed by atoms with Crippen LogP contribution in [0.3, 0.4) is 0 Å². The summed E-state index contributed by atoms with van der Waals surface area (Å²) in [4.78, 5) is 12.6. The summed E-state index contributed by atoms with van der Waals surface area (Å²) in [5.41, 5.74) is 2.67. The highest BCUT2D eigenvalue weighted by Crippen LogP contribution is 2.32. The van der Waals surface area contributed by atoms with Crippen molar-refractivity contribution in [3.8, 4) is 0 Å². The van der Waals surface area contributed by atoms with Crippen LogP contribution in [0.1, 0.15) is 23.6 Å². The lowest BCUT2D eigenvalue weighted by Crippen LogP contribution is -2.53. The standard InChI is InChI=1S/C19H20ClNO2/c1-2-23-18(22)19(11-14-7-3-4-8-15(14)12-19)21-13-16-9-5-6-10-17(16)20/h3-10,21H,2,11-13H2,1H3. The van der Waals surface area contributed by atoms with Gasteiger partial charge in [-0.3, -0.25) is 10.1 Å². The van der Waals surface area contributed by atoms with Crippen molar-refractivity contribution in [1.29, 1.82) is 0 Å². The zero-order chi connectivity index (χ0) is 16.3. The Balaban J connectivity index is 1.83. The molecule has 1 N–H and O–H groups in total. The zero-order valence-corrected chi connectivity index (χ0v) is 13.9. The number of hydrogen-bond donors (Lipinski definition) is 1. The maximum Gasteiger partial charge on any atom is 0.327 e.